The standard InChI is InChI=1S/C15H21NOS/c16-15(17)10-11-6-4-5-7-12(11)13-8-2-1-3-9-14(13)18/h4-7,13-14,18H,1-3,8-10H2,(H2,16,17). The molecule has 0 saturated heterocycles. The summed E-state index contributed by atoms with van der Waals surface area (Å²) in [7, 11) is 0. The number of carbonyl (C=O) groups excluding carboxylic acids is 1. The second kappa shape index (κ2) is 6.28. The molecule has 2 N–H and O–H groups in total. The van der Waals surface area contributed by atoms with Crippen LogP contribution in [0, 0.1) is 0 Å². The second-order valence-corrected chi connectivity index (χ2v) is 5.82. The molecule has 0 aliphatic heterocycles. The van der Waals surface area contributed by atoms with E-state index in [1.807, 2.05) is 18.2 Å². The van der Waals surface area contributed by atoms with Crippen LogP contribution in [0.1, 0.15) is 49.1 Å². The van der Waals surface area contributed by atoms with Gasteiger partial charge in [-0.15, -0.1) is 0 Å². The Hall–Kier alpha value is -0.960. The van der Waals surface area contributed by atoms with E-state index in [1.54, 1.807) is 0 Å². The van der Waals surface area contributed by atoms with E-state index in [-0.39, 0.29) is 5.91 Å². The second-order valence-electron chi connectivity index (χ2n) is 5.15. The molecule has 1 fully saturated rings. The van der Waals surface area contributed by atoms with Crippen LogP contribution in [0.25, 0.3) is 0 Å². The van der Waals surface area contributed by atoms with Crippen molar-refractivity contribution >= 4 is 18.5 Å². The van der Waals surface area contributed by atoms with Crippen molar-refractivity contribution < 1.29 is 4.79 Å². The Morgan fingerprint density at radius 3 is 2.72 bits per heavy atom. The number of rotatable bonds is 3. The van der Waals surface area contributed by atoms with Gasteiger partial charge in [-0.25, -0.2) is 0 Å². The molecule has 2 nitrogen and oxygen atoms in total. The lowest BCUT2D eigenvalue weighted by Crippen LogP contribution is -2.18. The van der Waals surface area contributed by atoms with Crippen LogP contribution in [0.15, 0.2) is 24.3 Å². The van der Waals surface area contributed by atoms with Crippen molar-refractivity contribution in [3.8, 4) is 0 Å². The van der Waals surface area contributed by atoms with Crippen LogP contribution in [-0.2, 0) is 11.2 Å². The minimum absolute atomic E-state index is 0.258. The fourth-order valence-corrected chi connectivity index (χ4v) is 3.39. The highest BCUT2D eigenvalue weighted by Crippen LogP contribution is 2.36. The molecule has 0 radical (unpaired) electrons. The Balaban J connectivity index is 2.27. The zero-order valence-electron chi connectivity index (χ0n) is 10.6. The molecule has 1 aromatic rings. The maximum atomic E-state index is 11.2. The highest BCUT2D eigenvalue weighted by atomic mass is 32.1. The van der Waals surface area contributed by atoms with E-state index < -0.39 is 0 Å². The average molecular weight is 263 g/mol. The van der Waals surface area contributed by atoms with Gasteiger partial charge in [0.1, 0.15) is 0 Å². The quantitative estimate of drug-likeness (QED) is 0.639. The highest BCUT2D eigenvalue weighted by molar-refractivity contribution is 7.81. The predicted molar refractivity (Wildman–Crippen MR) is 77.9 cm³/mol. The minimum atomic E-state index is -0.258. The van der Waals surface area contributed by atoms with Crippen molar-refractivity contribution in [2.75, 3.05) is 0 Å². The molecular weight excluding hydrogens is 242 g/mol. The average Bonchev–Trinajstić information content (AvgIpc) is 2.54. The van der Waals surface area contributed by atoms with Gasteiger partial charge < -0.3 is 5.73 Å². The topological polar surface area (TPSA) is 43.1 Å². The molecule has 3 heteroatoms. The molecule has 1 amide bonds. The van der Waals surface area contributed by atoms with E-state index in [0.29, 0.717) is 17.6 Å². The lowest BCUT2D eigenvalue weighted by atomic mass is 9.87. The lowest BCUT2D eigenvalue weighted by Gasteiger charge is -2.23. The van der Waals surface area contributed by atoms with Crippen molar-refractivity contribution in [1.82, 2.24) is 0 Å². The van der Waals surface area contributed by atoms with Gasteiger partial charge in [0.15, 0.2) is 0 Å². The molecule has 2 unspecified atom stereocenters. The van der Waals surface area contributed by atoms with E-state index >= 15 is 0 Å². The molecule has 0 aromatic heterocycles. The smallest absolute Gasteiger partial charge is 0.221 e. The number of hydrogen-bond donors (Lipinski definition) is 2. The maximum Gasteiger partial charge on any atom is 0.221 e. The van der Waals surface area contributed by atoms with Gasteiger partial charge in [-0.05, 0) is 29.9 Å². The predicted octanol–water partition coefficient (Wildman–Crippen LogP) is 3.06. The molecule has 1 saturated carbocycles. The summed E-state index contributed by atoms with van der Waals surface area (Å²) >= 11 is 4.76. The Labute approximate surface area is 114 Å². The van der Waals surface area contributed by atoms with Crippen LogP contribution in [0.4, 0.5) is 0 Å². The summed E-state index contributed by atoms with van der Waals surface area (Å²) in [6, 6.07) is 8.18. The van der Waals surface area contributed by atoms with Crippen molar-refractivity contribution in [2.45, 2.75) is 49.7 Å². The number of carbonyl (C=O) groups is 1. The number of thiol groups is 1. The van der Waals surface area contributed by atoms with E-state index in [1.165, 1.54) is 37.7 Å². The molecular formula is C15H21NOS. The maximum absolute atomic E-state index is 11.2. The molecule has 0 spiro atoms. The Morgan fingerprint density at radius 2 is 1.94 bits per heavy atom. The zero-order chi connectivity index (χ0) is 13.0. The molecule has 1 aliphatic carbocycles. The lowest BCUT2D eigenvalue weighted by molar-refractivity contribution is -0.117. The van der Waals surface area contributed by atoms with Crippen LogP contribution >= 0.6 is 12.6 Å². The van der Waals surface area contributed by atoms with Crippen molar-refractivity contribution in [3.63, 3.8) is 0 Å². The molecule has 1 aliphatic rings. The molecule has 1 aromatic carbocycles. The summed E-state index contributed by atoms with van der Waals surface area (Å²) in [5.41, 5.74) is 7.69. The monoisotopic (exact) mass is 263 g/mol. The SMILES string of the molecule is NC(=O)Cc1ccccc1C1CCCCCC1S. The summed E-state index contributed by atoms with van der Waals surface area (Å²) < 4.78 is 0. The van der Waals surface area contributed by atoms with Crippen molar-refractivity contribution in [3.05, 3.63) is 35.4 Å². The number of benzene rings is 1. The normalized spacial score (nSPS) is 24.5. The van der Waals surface area contributed by atoms with Crippen LogP contribution in [0.3, 0.4) is 0 Å². The molecule has 2 rings (SSSR count). The van der Waals surface area contributed by atoms with Gasteiger partial charge in [0.05, 0.1) is 6.42 Å². The molecule has 0 heterocycles. The number of amides is 1. The van der Waals surface area contributed by atoms with Gasteiger partial charge in [0.2, 0.25) is 5.91 Å². The third-order valence-electron chi connectivity index (χ3n) is 3.80. The van der Waals surface area contributed by atoms with Crippen molar-refractivity contribution in [1.29, 1.82) is 0 Å². The summed E-state index contributed by atoms with van der Waals surface area (Å²) in [6.45, 7) is 0. The fourth-order valence-electron chi connectivity index (χ4n) is 2.90. The summed E-state index contributed by atoms with van der Waals surface area (Å²) in [6.07, 6.45) is 6.50. The molecule has 0 bridgehead atoms. The molecule has 18 heavy (non-hydrogen) atoms. The largest absolute Gasteiger partial charge is 0.369 e. The van der Waals surface area contributed by atoms with E-state index in [4.69, 9.17) is 18.4 Å². The van der Waals surface area contributed by atoms with Gasteiger partial charge in [-0.3, -0.25) is 4.79 Å². The Morgan fingerprint density at radius 1 is 1.22 bits per heavy atom. The van der Waals surface area contributed by atoms with Gasteiger partial charge in [-0.2, -0.15) is 12.6 Å². The first kappa shape index (κ1) is 13.5. The number of primary amides is 1. The molecule has 2 atom stereocenters. The van der Waals surface area contributed by atoms with Crippen molar-refractivity contribution in [2.24, 2.45) is 5.73 Å². The van der Waals surface area contributed by atoms with Gasteiger partial charge in [-0.1, -0.05) is 43.5 Å². The first-order chi connectivity index (χ1) is 8.68. The van der Waals surface area contributed by atoms with E-state index in [2.05, 4.69) is 6.07 Å². The van der Waals surface area contributed by atoms with Crippen LogP contribution < -0.4 is 5.73 Å². The highest BCUT2D eigenvalue weighted by Gasteiger charge is 2.24. The number of hydrogen-bond acceptors (Lipinski definition) is 2. The van der Waals surface area contributed by atoms with Crippen LogP contribution in [-0.4, -0.2) is 11.2 Å². The van der Waals surface area contributed by atoms with Crippen LogP contribution in [0.2, 0.25) is 0 Å². The van der Waals surface area contributed by atoms with E-state index in [9.17, 15) is 4.79 Å². The first-order valence-electron chi connectivity index (χ1n) is 6.72. The minimum Gasteiger partial charge on any atom is -0.369 e. The molecule has 98 valence electrons. The van der Waals surface area contributed by atoms with E-state index in [0.717, 1.165) is 5.56 Å². The Kier molecular flexibility index (Phi) is 4.70. The van der Waals surface area contributed by atoms with Gasteiger partial charge in [0.25, 0.3) is 0 Å². The number of nitrogens with two attached hydrogens (primary N) is 1. The third-order valence-corrected chi connectivity index (χ3v) is 4.42. The summed E-state index contributed by atoms with van der Waals surface area (Å²) in [4.78, 5) is 11.2. The third kappa shape index (κ3) is 3.29. The first-order valence-corrected chi connectivity index (χ1v) is 7.24. The summed E-state index contributed by atoms with van der Waals surface area (Å²) in [5.74, 6) is 0.207. The van der Waals surface area contributed by atoms with Gasteiger partial charge in [0, 0.05) is 5.25 Å². The summed E-state index contributed by atoms with van der Waals surface area (Å²) in [5, 5.41) is 0.404. The van der Waals surface area contributed by atoms with Gasteiger partial charge >= 0.3 is 0 Å². The Bertz CT molecular complexity index is 419. The zero-order valence-corrected chi connectivity index (χ0v) is 11.5. The fraction of sp³-hybridized carbons (Fsp3) is 0.533. The van der Waals surface area contributed by atoms with Crippen LogP contribution in [0.5, 0.6) is 0 Å².